The van der Waals surface area contributed by atoms with E-state index < -0.39 is 20.9 Å². The smallest absolute Gasteiger partial charge is 0.261 e. The van der Waals surface area contributed by atoms with Gasteiger partial charge >= 0.3 is 0 Å². The van der Waals surface area contributed by atoms with Crippen LogP contribution in [0.4, 0.5) is 4.39 Å². The van der Waals surface area contributed by atoms with E-state index in [1.165, 1.54) is 29.4 Å². The number of nitrogens with one attached hydrogen (secondary N) is 1. The van der Waals surface area contributed by atoms with E-state index in [0.29, 0.717) is 36.0 Å². The zero-order valence-corrected chi connectivity index (χ0v) is 20.8. The van der Waals surface area contributed by atoms with Crippen molar-refractivity contribution in [2.75, 3.05) is 13.1 Å². The summed E-state index contributed by atoms with van der Waals surface area (Å²) in [7, 11) is -3.93. The Hall–Kier alpha value is -3.92. The quantitative estimate of drug-likeness (QED) is 0.233. The van der Waals surface area contributed by atoms with Crippen molar-refractivity contribution < 1.29 is 27.2 Å². The largest absolute Gasteiger partial charge is 0.354 e. The van der Waals surface area contributed by atoms with Gasteiger partial charge < -0.3 is 5.32 Å². The second-order valence-electron chi connectivity index (χ2n) is 8.70. The summed E-state index contributed by atoms with van der Waals surface area (Å²) >= 11 is 0. The number of rotatable bonds is 11. The monoisotopic (exact) mass is 523 g/mol. The number of nitrogens with zero attached hydrogens (tertiary/aromatic N) is 2. The van der Waals surface area contributed by atoms with Gasteiger partial charge in [-0.3, -0.25) is 24.3 Å². The number of hydrogen-bond acceptors (Lipinski definition) is 6. The van der Waals surface area contributed by atoms with Gasteiger partial charge in [-0.05, 0) is 60.9 Å². The highest BCUT2D eigenvalue weighted by Crippen LogP contribution is 2.28. The number of aromatic nitrogens is 1. The van der Waals surface area contributed by atoms with Crippen LogP contribution >= 0.6 is 0 Å². The number of benzene rings is 2. The normalized spacial score (nSPS) is 13.9. The summed E-state index contributed by atoms with van der Waals surface area (Å²) in [5.74, 6) is -1.47. The summed E-state index contributed by atoms with van der Waals surface area (Å²) in [6.45, 7) is 0.103. The molecule has 1 unspecified atom stereocenters. The molecule has 192 valence electrons. The molecule has 0 spiro atoms. The van der Waals surface area contributed by atoms with Crippen LogP contribution < -0.4 is 5.32 Å². The third-order valence-electron chi connectivity index (χ3n) is 6.22. The van der Waals surface area contributed by atoms with Crippen molar-refractivity contribution in [3.63, 3.8) is 0 Å². The Morgan fingerprint density at radius 1 is 0.919 bits per heavy atom. The lowest BCUT2D eigenvalue weighted by Gasteiger charge is -2.19. The van der Waals surface area contributed by atoms with Gasteiger partial charge in [-0.1, -0.05) is 24.6 Å². The van der Waals surface area contributed by atoms with Crippen LogP contribution in [0.2, 0.25) is 0 Å². The van der Waals surface area contributed by atoms with Crippen molar-refractivity contribution >= 4 is 27.6 Å². The van der Waals surface area contributed by atoms with Gasteiger partial charge in [0.1, 0.15) is 11.1 Å². The van der Waals surface area contributed by atoms with Crippen LogP contribution in [0.25, 0.3) is 0 Å². The first-order valence-corrected chi connectivity index (χ1v) is 13.4. The zero-order valence-electron chi connectivity index (χ0n) is 20.0. The van der Waals surface area contributed by atoms with E-state index in [-0.39, 0.29) is 42.1 Å². The number of amides is 3. The first-order valence-electron chi connectivity index (χ1n) is 11.9. The first-order chi connectivity index (χ1) is 17.8. The second-order valence-corrected chi connectivity index (χ2v) is 10.8. The number of sulfone groups is 1. The van der Waals surface area contributed by atoms with Crippen molar-refractivity contribution in [1.29, 1.82) is 0 Å². The lowest BCUT2D eigenvalue weighted by atomic mass is 10.1. The molecule has 3 amide bonds. The molecule has 1 aromatic heterocycles. The summed E-state index contributed by atoms with van der Waals surface area (Å²) in [5.41, 5.74) is 1.23. The molecular formula is C27H26FN3O5S. The Balaban J connectivity index is 1.28. The molecule has 0 bridgehead atoms. The molecule has 0 fully saturated rings. The fourth-order valence-corrected chi connectivity index (χ4v) is 5.88. The minimum Gasteiger partial charge on any atom is -0.354 e. The molecule has 8 nitrogen and oxygen atoms in total. The van der Waals surface area contributed by atoms with E-state index >= 15 is 0 Å². The van der Waals surface area contributed by atoms with Crippen LogP contribution in [-0.2, 0) is 14.6 Å². The summed E-state index contributed by atoms with van der Waals surface area (Å²) in [6.07, 6.45) is 4.79. The maximum absolute atomic E-state index is 13.3. The van der Waals surface area contributed by atoms with Gasteiger partial charge in [-0.2, -0.15) is 0 Å². The van der Waals surface area contributed by atoms with Gasteiger partial charge in [0.05, 0.1) is 16.0 Å². The second kappa shape index (κ2) is 11.4. The van der Waals surface area contributed by atoms with Gasteiger partial charge in [0.2, 0.25) is 5.91 Å². The Labute approximate surface area is 214 Å². The lowest BCUT2D eigenvalue weighted by molar-refractivity contribution is -0.121. The minimum absolute atomic E-state index is 0.0508. The Morgan fingerprint density at radius 2 is 1.59 bits per heavy atom. The highest BCUT2D eigenvalue weighted by atomic mass is 32.2. The summed E-state index contributed by atoms with van der Waals surface area (Å²) in [5, 5.41) is 1.59. The Kier molecular flexibility index (Phi) is 8.08. The number of hydrogen-bond donors (Lipinski definition) is 1. The molecule has 0 saturated heterocycles. The average molecular weight is 524 g/mol. The molecule has 0 saturated carbocycles. The van der Waals surface area contributed by atoms with Crippen molar-refractivity contribution in [2.24, 2.45) is 0 Å². The highest BCUT2D eigenvalue weighted by Gasteiger charge is 2.34. The van der Waals surface area contributed by atoms with Gasteiger partial charge in [-0.15, -0.1) is 0 Å². The Morgan fingerprint density at radius 3 is 2.22 bits per heavy atom. The van der Waals surface area contributed by atoms with Crippen molar-refractivity contribution in [3.8, 4) is 0 Å². The van der Waals surface area contributed by atoms with Crippen LogP contribution in [-0.4, -0.2) is 49.1 Å². The maximum atomic E-state index is 13.3. The molecule has 37 heavy (non-hydrogen) atoms. The summed E-state index contributed by atoms with van der Waals surface area (Å²) in [4.78, 5) is 42.5. The van der Waals surface area contributed by atoms with Crippen LogP contribution in [0.15, 0.2) is 78.0 Å². The number of unbranched alkanes of at least 4 members (excludes halogenated alkanes) is 2. The third kappa shape index (κ3) is 5.91. The van der Waals surface area contributed by atoms with Gasteiger partial charge in [-0.25, -0.2) is 12.8 Å². The molecular weight excluding hydrogens is 497 g/mol. The van der Waals surface area contributed by atoms with E-state index in [9.17, 15) is 27.2 Å². The molecule has 2 aromatic carbocycles. The molecule has 3 aromatic rings. The van der Waals surface area contributed by atoms with Crippen LogP contribution in [0, 0.1) is 5.82 Å². The SMILES string of the molecule is O=C(CCCCCN1C(=O)c2ccccc2C1=O)NCC(c1cccnc1)S(=O)(=O)c1ccc(F)cc1. The molecule has 10 heteroatoms. The van der Waals surface area contributed by atoms with Crippen molar-refractivity contribution in [1.82, 2.24) is 15.2 Å². The number of carbonyl (C=O) groups is 3. The number of carbonyl (C=O) groups excluding carboxylic acids is 3. The fourth-order valence-electron chi connectivity index (χ4n) is 4.23. The number of halogens is 1. The van der Waals surface area contributed by atoms with Gasteiger partial charge in [0.15, 0.2) is 9.84 Å². The highest BCUT2D eigenvalue weighted by molar-refractivity contribution is 7.91. The van der Waals surface area contributed by atoms with E-state index in [1.807, 2.05) is 0 Å². The molecule has 0 radical (unpaired) electrons. The zero-order chi connectivity index (χ0) is 26.4. The molecule has 0 aliphatic carbocycles. The van der Waals surface area contributed by atoms with Crippen molar-refractivity contribution in [3.05, 3.63) is 95.6 Å². The lowest BCUT2D eigenvalue weighted by Crippen LogP contribution is -2.32. The first kappa shape index (κ1) is 26.2. The van der Waals surface area contributed by atoms with Gasteiger partial charge in [0.25, 0.3) is 11.8 Å². The average Bonchev–Trinajstić information content (AvgIpc) is 3.14. The number of imide groups is 1. The van der Waals surface area contributed by atoms with Crippen LogP contribution in [0.3, 0.4) is 0 Å². The summed E-state index contributed by atoms with van der Waals surface area (Å²) < 4.78 is 39.8. The topological polar surface area (TPSA) is 114 Å². The molecule has 1 atom stereocenters. The fraction of sp³-hybridized carbons (Fsp3) is 0.259. The van der Waals surface area contributed by atoms with E-state index in [1.54, 1.807) is 36.4 Å². The third-order valence-corrected chi connectivity index (χ3v) is 8.34. The molecule has 4 rings (SSSR count). The predicted octanol–water partition coefficient (Wildman–Crippen LogP) is 3.71. The Bertz CT molecular complexity index is 1360. The standard InChI is InChI=1S/C27H26FN3O5S/c28-20-11-13-21(14-12-20)37(35,36)24(19-7-6-15-29-17-19)18-30-25(32)10-2-1-5-16-31-26(33)22-8-3-4-9-23(22)27(31)34/h3-4,6-9,11-15,17,24H,1-2,5,10,16,18H2,(H,30,32). The van der Waals surface area contributed by atoms with E-state index in [4.69, 9.17) is 0 Å². The molecule has 2 heterocycles. The number of pyridine rings is 1. The molecule has 1 aliphatic rings. The predicted molar refractivity (Wildman–Crippen MR) is 134 cm³/mol. The molecule has 1 N–H and O–H groups in total. The van der Waals surface area contributed by atoms with Gasteiger partial charge in [0, 0.05) is 31.9 Å². The van der Waals surface area contributed by atoms with Crippen molar-refractivity contribution in [2.45, 2.75) is 35.8 Å². The van der Waals surface area contributed by atoms with Crippen LogP contribution in [0.1, 0.15) is 57.2 Å². The maximum Gasteiger partial charge on any atom is 0.261 e. The number of fused-ring (bicyclic) bond motifs is 1. The summed E-state index contributed by atoms with van der Waals surface area (Å²) in [6, 6.07) is 14.5. The van der Waals surface area contributed by atoms with Crippen LogP contribution in [0.5, 0.6) is 0 Å². The molecule has 1 aliphatic heterocycles. The minimum atomic E-state index is -3.93. The van der Waals surface area contributed by atoms with E-state index in [2.05, 4.69) is 10.3 Å². The van der Waals surface area contributed by atoms with E-state index in [0.717, 1.165) is 12.1 Å².